The Morgan fingerprint density at radius 3 is 2.35 bits per heavy atom. The number of carbonyl (C=O) groups is 4. The van der Waals surface area contributed by atoms with Gasteiger partial charge in [0, 0.05) is 43.4 Å². The van der Waals surface area contributed by atoms with Crippen LogP contribution in [0.4, 0.5) is 23.7 Å². The van der Waals surface area contributed by atoms with Gasteiger partial charge >= 0.3 is 12.3 Å². The Bertz CT molecular complexity index is 1920. The Labute approximate surface area is 290 Å². The van der Waals surface area contributed by atoms with Crippen molar-refractivity contribution in [2.24, 2.45) is 17.6 Å². The number of rotatable bonds is 8. The fourth-order valence-electron chi connectivity index (χ4n) is 7.33. The molecular formula is C35H37F3N4O9. The van der Waals surface area contributed by atoms with Crippen LogP contribution >= 0.6 is 0 Å². The van der Waals surface area contributed by atoms with Gasteiger partial charge in [-0.15, -0.1) is 6.58 Å². The van der Waals surface area contributed by atoms with Gasteiger partial charge in [0.1, 0.15) is 28.6 Å². The second kappa shape index (κ2) is 13.1. The van der Waals surface area contributed by atoms with Crippen molar-refractivity contribution in [2.75, 3.05) is 39.6 Å². The predicted molar refractivity (Wildman–Crippen MR) is 177 cm³/mol. The van der Waals surface area contributed by atoms with Crippen LogP contribution in [-0.4, -0.2) is 100 Å². The minimum absolute atomic E-state index is 0.0316. The number of ketones is 2. The van der Waals surface area contributed by atoms with Crippen molar-refractivity contribution in [3.8, 4) is 11.5 Å². The zero-order valence-corrected chi connectivity index (χ0v) is 28.1. The molecule has 4 atom stereocenters. The third kappa shape index (κ3) is 6.07. The zero-order chi connectivity index (χ0) is 37.9. The Kier molecular flexibility index (Phi) is 9.47. The van der Waals surface area contributed by atoms with Crippen molar-refractivity contribution in [3.63, 3.8) is 0 Å². The van der Waals surface area contributed by atoms with Crippen LogP contribution in [0.3, 0.4) is 0 Å². The highest BCUT2D eigenvalue weighted by molar-refractivity contribution is 6.24. The third-order valence-corrected chi connectivity index (χ3v) is 9.59. The number of hydrogen-bond acceptors (Lipinski definition) is 11. The molecule has 3 aliphatic rings. The number of phenolic OH excluding ortho intramolecular Hbond substituents is 1. The second-order valence-electron chi connectivity index (χ2n) is 13.2. The van der Waals surface area contributed by atoms with E-state index in [0.717, 1.165) is 17.0 Å². The van der Waals surface area contributed by atoms with E-state index >= 15 is 0 Å². The van der Waals surface area contributed by atoms with Gasteiger partial charge in [0.15, 0.2) is 11.4 Å². The molecule has 3 aliphatic carbocycles. The number of likely N-dealkylation sites (N-methyl/N-ethyl adjacent to an activating group) is 1. The monoisotopic (exact) mass is 714 g/mol. The fraction of sp³-hybridized carbons (Fsp3) is 0.371. The van der Waals surface area contributed by atoms with Gasteiger partial charge < -0.3 is 35.8 Å². The Morgan fingerprint density at radius 1 is 1.12 bits per heavy atom. The van der Waals surface area contributed by atoms with Gasteiger partial charge in [-0.05, 0) is 62.7 Å². The van der Waals surface area contributed by atoms with Crippen LogP contribution in [0, 0.1) is 11.8 Å². The summed E-state index contributed by atoms with van der Waals surface area (Å²) >= 11 is 0. The van der Waals surface area contributed by atoms with E-state index in [1.165, 1.54) is 31.1 Å². The number of amides is 2. The van der Waals surface area contributed by atoms with Gasteiger partial charge in [0.25, 0.3) is 5.91 Å². The minimum Gasteiger partial charge on any atom is -0.508 e. The molecule has 0 bridgehead atoms. The maximum atomic E-state index is 14.2. The van der Waals surface area contributed by atoms with Crippen molar-refractivity contribution in [2.45, 2.75) is 37.2 Å². The molecular weight excluding hydrogens is 677 g/mol. The third-order valence-electron chi connectivity index (χ3n) is 9.59. The maximum absolute atomic E-state index is 14.2. The summed E-state index contributed by atoms with van der Waals surface area (Å²) in [6.45, 7) is 3.04. The lowest BCUT2D eigenvalue weighted by Gasteiger charge is -2.50. The summed E-state index contributed by atoms with van der Waals surface area (Å²) in [4.78, 5) is 57.2. The molecule has 6 N–H and O–H groups in total. The van der Waals surface area contributed by atoms with Crippen molar-refractivity contribution < 1.29 is 57.5 Å². The molecule has 0 heterocycles. The van der Waals surface area contributed by atoms with E-state index in [9.17, 15) is 52.8 Å². The first-order chi connectivity index (χ1) is 23.7. The molecule has 1 fully saturated rings. The highest BCUT2D eigenvalue weighted by Crippen LogP contribution is 2.54. The van der Waals surface area contributed by atoms with Crippen LogP contribution in [-0.2, 0) is 33.5 Å². The fourth-order valence-corrected chi connectivity index (χ4v) is 7.33. The van der Waals surface area contributed by atoms with E-state index in [0.29, 0.717) is 17.3 Å². The molecule has 0 spiro atoms. The van der Waals surface area contributed by atoms with E-state index in [2.05, 4.69) is 6.58 Å². The molecule has 13 nitrogen and oxygen atoms in total. The van der Waals surface area contributed by atoms with Gasteiger partial charge in [-0.25, -0.2) is 4.79 Å². The molecule has 16 heteroatoms. The molecule has 0 aliphatic heterocycles. The van der Waals surface area contributed by atoms with E-state index in [1.54, 1.807) is 25.1 Å². The molecule has 272 valence electrons. The molecule has 1 saturated carbocycles. The first-order valence-corrected chi connectivity index (χ1v) is 15.7. The average Bonchev–Trinajstić information content (AvgIpc) is 3.02. The number of Topliss-reactive ketones (excluding diaryl/α,β-unsaturated/α-hetero) is 2. The zero-order valence-electron chi connectivity index (χ0n) is 28.1. The number of aliphatic hydroxyl groups is 3. The molecule has 0 radical (unpaired) electrons. The first-order valence-electron chi connectivity index (χ1n) is 15.7. The first kappa shape index (κ1) is 36.9. The summed E-state index contributed by atoms with van der Waals surface area (Å²) in [6.07, 6.45) is -4.51. The smallest absolute Gasteiger partial charge is 0.416 e. The van der Waals surface area contributed by atoms with E-state index < -0.39 is 88.2 Å². The number of aliphatic hydroxyl groups excluding tert-OH is 2. The van der Waals surface area contributed by atoms with Crippen molar-refractivity contribution in [1.82, 2.24) is 9.80 Å². The number of aromatic hydroxyl groups is 1. The van der Waals surface area contributed by atoms with Gasteiger partial charge in [0.2, 0.25) is 5.78 Å². The molecule has 0 saturated heterocycles. The minimum atomic E-state index is -4.69. The molecule has 51 heavy (non-hydrogen) atoms. The summed E-state index contributed by atoms with van der Waals surface area (Å²) in [5, 5.41) is 46.3. The molecule has 0 aromatic heterocycles. The summed E-state index contributed by atoms with van der Waals surface area (Å²) in [7, 11) is 6.36. The maximum Gasteiger partial charge on any atom is 0.416 e. The average molecular weight is 715 g/mol. The van der Waals surface area contributed by atoms with Crippen molar-refractivity contribution >= 4 is 35.0 Å². The van der Waals surface area contributed by atoms with Crippen LogP contribution in [0.5, 0.6) is 11.5 Å². The number of nitrogens with zero attached hydrogens (tertiary/aromatic N) is 3. The molecule has 5 rings (SSSR count). The van der Waals surface area contributed by atoms with E-state index in [-0.39, 0.29) is 41.8 Å². The van der Waals surface area contributed by atoms with Crippen molar-refractivity contribution in [1.29, 1.82) is 0 Å². The van der Waals surface area contributed by atoms with Crippen molar-refractivity contribution in [3.05, 3.63) is 82.1 Å². The predicted octanol–water partition coefficient (Wildman–Crippen LogP) is 3.24. The number of phenols is 1. The lowest BCUT2D eigenvalue weighted by molar-refractivity contribution is -0.153. The lowest BCUT2D eigenvalue weighted by atomic mass is 9.57. The van der Waals surface area contributed by atoms with Crippen LogP contribution in [0.25, 0.3) is 5.76 Å². The number of anilines is 1. The van der Waals surface area contributed by atoms with Crippen LogP contribution in [0.1, 0.15) is 28.7 Å². The summed E-state index contributed by atoms with van der Waals surface area (Å²) in [6, 6.07) is 4.03. The van der Waals surface area contributed by atoms with Gasteiger partial charge in [-0.2, -0.15) is 13.2 Å². The molecule has 2 aromatic carbocycles. The van der Waals surface area contributed by atoms with Gasteiger partial charge in [-0.1, -0.05) is 12.1 Å². The number of primary amides is 1. The summed E-state index contributed by atoms with van der Waals surface area (Å²) < 4.78 is 45.0. The number of fused-ring (bicyclic) bond motifs is 3. The Balaban J connectivity index is 1.60. The highest BCUT2D eigenvalue weighted by atomic mass is 19.4. The molecule has 2 amide bonds. The normalized spacial score (nSPS) is 23.0. The number of nitrogens with two attached hydrogens (primary N) is 1. The Morgan fingerprint density at radius 2 is 1.78 bits per heavy atom. The van der Waals surface area contributed by atoms with Gasteiger partial charge in [-0.3, -0.25) is 24.2 Å². The number of hydrogen-bond donors (Lipinski definition) is 5. The number of halogens is 3. The largest absolute Gasteiger partial charge is 0.508 e. The SMILES string of the molecule is C=CCN(Cc1cc(N(C)C)c2c(c1O)C(O)=C1C(=O)C3(O)C(O)=C(C(N)=O)C(=O)C(N(C)C)C3CC1C2)C(=O)Oc1cccc(C(F)(F)F)c1. The van der Waals surface area contributed by atoms with Crippen LogP contribution < -0.4 is 15.4 Å². The van der Waals surface area contributed by atoms with E-state index in [4.69, 9.17) is 10.5 Å². The Hall–Kier alpha value is -5.35. The lowest BCUT2D eigenvalue weighted by Crippen LogP contribution is -2.65. The topological polar surface area (TPSA) is 194 Å². The number of carbonyl (C=O) groups excluding carboxylic acids is 4. The molecule has 2 aromatic rings. The number of ether oxygens (including phenoxy) is 1. The second-order valence-corrected chi connectivity index (χ2v) is 13.2. The van der Waals surface area contributed by atoms with Gasteiger partial charge in [0.05, 0.1) is 23.7 Å². The molecule has 4 unspecified atom stereocenters. The van der Waals surface area contributed by atoms with Crippen LogP contribution in [0.2, 0.25) is 0 Å². The highest BCUT2D eigenvalue weighted by Gasteiger charge is 2.64. The summed E-state index contributed by atoms with van der Waals surface area (Å²) in [5.74, 6) is -8.34. The summed E-state index contributed by atoms with van der Waals surface area (Å²) in [5.41, 5.74) is 0.941. The van der Waals surface area contributed by atoms with Crippen LogP contribution in [0.15, 0.2) is 59.9 Å². The van der Waals surface area contributed by atoms with E-state index in [1.807, 2.05) is 0 Å². The standard InChI is InChI=1S/C35H37F3N4O9/c1-6-10-42(33(49)51-19-9-7-8-18(14-19)35(36,37)38)15-17-13-22(40(2)3)20-11-16-12-21-26(41(4)5)29(45)25(32(39)48)31(47)34(21,50)30(46)23(16)28(44)24(20)27(17)43/h6-9,13-14,16,21,26,43-44,47,50H,1,10-12,15H2,2-5H3,(H2,39,48). The number of alkyl halides is 3. The number of benzene rings is 2. The quantitative estimate of drug-likeness (QED) is 0.199.